The predicted molar refractivity (Wildman–Crippen MR) is 163 cm³/mol. The smallest absolute Gasteiger partial charge is 0.271 e. The van der Waals surface area contributed by atoms with Crippen molar-refractivity contribution in [2.45, 2.75) is 80.3 Å². The number of anilines is 1. The summed E-state index contributed by atoms with van der Waals surface area (Å²) < 4.78 is 7.62. The lowest BCUT2D eigenvalue weighted by atomic mass is 9.85. The Morgan fingerprint density at radius 1 is 1.10 bits per heavy atom. The van der Waals surface area contributed by atoms with E-state index < -0.39 is 0 Å². The summed E-state index contributed by atoms with van der Waals surface area (Å²) in [6.07, 6.45) is 6.54. The van der Waals surface area contributed by atoms with E-state index in [1.165, 1.54) is 5.56 Å². The number of carbonyl (C=O) groups is 1. The highest BCUT2D eigenvalue weighted by molar-refractivity contribution is 5.92. The molecule has 2 aromatic carbocycles. The highest BCUT2D eigenvalue weighted by Crippen LogP contribution is 2.34. The number of ether oxygens (including phenoxy) is 1. The molecule has 0 saturated carbocycles. The third kappa shape index (κ3) is 7.82. The van der Waals surface area contributed by atoms with Gasteiger partial charge in [-0.25, -0.2) is 4.98 Å². The first-order valence-corrected chi connectivity index (χ1v) is 13.8. The standard InChI is InChI=1S/C33H46N4O2/c1-11-12-27(36-28-18-25(33(7,8)9)15-16-26(28)23(3)39-10)24-14-13-22(2)30(17-24)37-19-29(35-21-37)31(38)34-20-32(4,5)6/h12-19,21,23,36H,11,20H2,1-10H3,(H,34,38)/b27-12-. The van der Waals surface area contributed by atoms with Gasteiger partial charge in [0.15, 0.2) is 0 Å². The molecule has 0 aliphatic rings. The lowest BCUT2D eigenvalue weighted by molar-refractivity contribution is 0.0934. The summed E-state index contributed by atoms with van der Waals surface area (Å²) in [5.41, 5.74) is 8.00. The van der Waals surface area contributed by atoms with Crippen molar-refractivity contribution >= 4 is 17.3 Å². The van der Waals surface area contributed by atoms with Gasteiger partial charge in [0.25, 0.3) is 5.91 Å². The zero-order valence-electron chi connectivity index (χ0n) is 25.4. The zero-order chi connectivity index (χ0) is 29.0. The lowest BCUT2D eigenvalue weighted by Gasteiger charge is -2.24. The number of aryl methyl sites for hydroxylation is 1. The maximum Gasteiger partial charge on any atom is 0.271 e. The Morgan fingerprint density at radius 3 is 2.44 bits per heavy atom. The fourth-order valence-electron chi connectivity index (χ4n) is 4.27. The minimum atomic E-state index is -0.163. The summed E-state index contributed by atoms with van der Waals surface area (Å²) in [5, 5.41) is 6.72. The Balaban J connectivity index is 1.98. The van der Waals surface area contributed by atoms with Crippen LogP contribution in [0.25, 0.3) is 11.4 Å². The third-order valence-electron chi connectivity index (χ3n) is 6.78. The SMILES string of the molecule is CC/C=C(\Nc1cc(C(C)(C)C)ccc1C(C)OC)c1ccc(C)c(-n2cnc(C(=O)NCC(C)(C)C)c2)c1. The van der Waals surface area contributed by atoms with Crippen molar-refractivity contribution in [3.63, 3.8) is 0 Å². The van der Waals surface area contributed by atoms with Gasteiger partial charge in [-0.3, -0.25) is 4.79 Å². The van der Waals surface area contributed by atoms with Crippen LogP contribution in [0.3, 0.4) is 0 Å². The van der Waals surface area contributed by atoms with Crippen LogP contribution in [0, 0.1) is 12.3 Å². The van der Waals surface area contributed by atoms with Gasteiger partial charge in [0, 0.05) is 36.8 Å². The molecule has 3 aromatic rings. The van der Waals surface area contributed by atoms with Crippen LogP contribution in [-0.4, -0.2) is 29.1 Å². The van der Waals surface area contributed by atoms with Crippen molar-refractivity contribution < 1.29 is 9.53 Å². The van der Waals surface area contributed by atoms with Crippen molar-refractivity contribution in [2.24, 2.45) is 5.41 Å². The number of hydrogen-bond acceptors (Lipinski definition) is 4. The highest BCUT2D eigenvalue weighted by atomic mass is 16.5. The van der Waals surface area contributed by atoms with E-state index >= 15 is 0 Å². The van der Waals surface area contributed by atoms with Crippen molar-refractivity contribution in [3.8, 4) is 5.69 Å². The Kier molecular flexibility index (Phi) is 9.44. The molecule has 6 heteroatoms. The first-order valence-electron chi connectivity index (χ1n) is 13.8. The molecule has 1 aromatic heterocycles. The van der Waals surface area contributed by atoms with Crippen molar-refractivity contribution in [1.82, 2.24) is 14.9 Å². The minimum absolute atomic E-state index is 0.00543. The molecule has 6 nitrogen and oxygen atoms in total. The molecule has 3 rings (SSSR count). The van der Waals surface area contributed by atoms with Crippen molar-refractivity contribution in [2.75, 3.05) is 19.0 Å². The molecule has 0 radical (unpaired) electrons. The molecule has 1 atom stereocenters. The van der Waals surface area contributed by atoms with Gasteiger partial charge in [-0.1, -0.05) is 78.8 Å². The number of imidazole rings is 1. The Bertz CT molecular complexity index is 1320. The summed E-state index contributed by atoms with van der Waals surface area (Å²) in [7, 11) is 1.74. The molecule has 1 heterocycles. The van der Waals surface area contributed by atoms with Crippen LogP contribution < -0.4 is 10.6 Å². The molecule has 0 bridgehead atoms. The number of benzene rings is 2. The van der Waals surface area contributed by atoms with Crippen LogP contribution in [0.1, 0.15) is 101 Å². The second-order valence-electron chi connectivity index (χ2n) is 12.5. The van der Waals surface area contributed by atoms with Gasteiger partial charge < -0.3 is 19.9 Å². The van der Waals surface area contributed by atoms with Gasteiger partial charge in [0.1, 0.15) is 12.0 Å². The second kappa shape index (κ2) is 12.2. The van der Waals surface area contributed by atoms with E-state index in [1.54, 1.807) is 19.6 Å². The van der Waals surface area contributed by atoms with E-state index in [-0.39, 0.29) is 22.8 Å². The maximum absolute atomic E-state index is 12.7. The molecule has 0 spiro atoms. The average Bonchev–Trinajstić information content (AvgIpc) is 3.36. The third-order valence-corrected chi connectivity index (χ3v) is 6.78. The van der Waals surface area contributed by atoms with E-state index in [9.17, 15) is 4.79 Å². The number of nitrogens with one attached hydrogen (secondary N) is 2. The number of allylic oxidation sites excluding steroid dienone is 1. The van der Waals surface area contributed by atoms with Crippen molar-refractivity contribution in [3.05, 3.63) is 82.9 Å². The molecule has 1 amide bonds. The van der Waals surface area contributed by atoms with Crippen LogP contribution in [0.5, 0.6) is 0 Å². The minimum Gasteiger partial charge on any atom is -0.377 e. The number of nitrogens with zero attached hydrogens (tertiary/aromatic N) is 2. The van der Waals surface area contributed by atoms with Gasteiger partial charge in [-0.2, -0.15) is 0 Å². The summed E-state index contributed by atoms with van der Waals surface area (Å²) in [6.45, 7) is 19.8. The molecule has 39 heavy (non-hydrogen) atoms. The first-order chi connectivity index (χ1) is 18.2. The molecule has 2 N–H and O–H groups in total. The molecular weight excluding hydrogens is 484 g/mol. The lowest BCUT2D eigenvalue weighted by Crippen LogP contribution is -2.32. The van der Waals surface area contributed by atoms with E-state index in [4.69, 9.17) is 4.74 Å². The first kappa shape index (κ1) is 30.2. The predicted octanol–water partition coefficient (Wildman–Crippen LogP) is 7.82. The Morgan fingerprint density at radius 2 is 1.82 bits per heavy atom. The van der Waals surface area contributed by atoms with Crippen LogP contribution in [0.15, 0.2) is 55.0 Å². The normalized spacial score (nSPS) is 13.3. The number of carbonyl (C=O) groups excluding carboxylic acids is 1. The molecule has 0 aliphatic carbocycles. The second-order valence-corrected chi connectivity index (χ2v) is 12.5. The molecule has 1 unspecified atom stereocenters. The van der Waals surface area contributed by atoms with Crippen LogP contribution in [0.4, 0.5) is 5.69 Å². The number of aromatic nitrogens is 2. The summed E-state index contributed by atoms with van der Waals surface area (Å²) in [5.74, 6) is -0.163. The average molecular weight is 531 g/mol. The summed E-state index contributed by atoms with van der Waals surface area (Å²) in [6, 6.07) is 13.0. The number of amides is 1. The quantitative estimate of drug-likeness (QED) is 0.296. The van der Waals surface area contributed by atoms with Crippen LogP contribution in [-0.2, 0) is 10.2 Å². The van der Waals surface area contributed by atoms with E-state index in [0.717, 1.165) is 40.2 Å². The van der Waals surface area contributed by atoms with Gasteiger partial charge in [0.2, 0.25) is 0 Å². The van der Waals surface area contributed by atoms with Gasteiger partial charge >= 0.3 is 0 Å². The summed E-state index contributed by atoms with van der Waals surface area (Å²) in [4.78, 5) is 17.1. The monoisotopic (exact) mass is 530 g/mol. The largest absolute Gasteiger partial charge is 0.377 e. The molecule has 0 aliphatic heterocycles. The van der Waals surface area contributed by atoms with Crippen molar-refractivity contribution in [1.29, 1.82) is 0 Å². The summed E-state index contributed by atoms with van der Waals surface area (Å²) >= 11 is 0. The molecule has 210 valence electrons. The number of rotatable bonds is 9. The van der Waals surface area contributed by atoms with Crippen LogP contribution in [0.2, 0.25) is 0 Å². The molecule has 0 fully saturated rings. The number of methoxy groups -OCH3 is 1. The van der Waals surface area contributed by atoms with Gasteiger partial charge in [-0.15, -0.1) is 0 Å². The Hall–Kier alpha value is -3.38. The van der Waals surface area contributed by atoms with E-state index in [1.807, 2.05) is 4.57 Å². The maximum atomic E-state index is 12.7. The molecular formula is C33H46N4O2. The van der Waals surface area contributed by atoms with E-state index in [0.29, 0.717) is 12.2 Å². The fourth-order valence-corrected chi connectivity index (χ4v) is 4.27. The van der Waals surface area contributed by atoms with Crippen LogP contribution >= 0.6 is 0 Å². The topological polar surface area (TPSA) is 68.2 Å². The fraction of sp³-hybridized carbons (Fsp3) is 0.455. The van der Waals surface area contributed by atoms with E-state index in [2.05, 4.69) is 120 Å². The van der Waals surface area contributed by atoms with Gasteiger partial charge in [0.05, 0.1) is 11.8 Å². The highest BCUT2D eigenvalue weighted by Gasteiger charge is 2.19. The Labute approximate surface area is 234 Å². The number of hydrogen-bond donors (Lipinski definition) is 2. The zero-order valence-corrected chi connectivity index (χ0v) is 25.4. The van der Waals surface area contributed by atoms with Gasteiger partial charge in [-0.05, 0) is 59.9 Å². The molecule has 0 saturated heterocycles.